The molecule has 10 heteroatoms. The molecule has 1 saturated heterocycles. The molecule has 4 aromatic heterocycles. The highest BCUT2D eigenvalue weighted by Gasteiger charge is 2.25. The zero-order valence-corrected chi connectivity index (χ0v) is 17.3. The lowest BCUT2D eigenvalue weighted by molar-refractivity contribution is 0.190. The van der Waals surface area contributed by atoms with E-state index in [1.807, 2.05) is 24.3 Å². The smallest absolute Gasteiger partial charge is 0.213 e. The van der Waals surface area contributed by atoms with Crippen molar-refractivity contribution in [2.45, 2.75) is 25.3 Å². The molecule has 0 bridgehead atoms. The molecule has 1 fully saturated rings. The Bertz CT molecular complexity index is 1330. The summed E-state index contributed by atoms with van der Waals surface area (Å²) in [5.41, 5.74) is 3.84. The van der Waals surface area contributed by atoms with Crippen molar-refractivity contribution in [3.8, 4) is 22.6 Å². The number of nitrogens with one attached hydrogen (secondary N) is 2. The molecule has 6 rings (SSSR count). The Hall–Kier alpha value is -3.92. The average molecular weight is 427 g/mol. The van der Waals surface area contributed by atoms with E-state index in [-0.39, 0.29) is 0 Å². The quantitative estimate of drug-likeness (QED) is 0.438. The summed E-state index contributed by atoms with van der Waals surface area (Å²) in [5.74, 6) is 2.61. The molecule has 1 aliphatic heterocycles. The number of likely N-dealkylation sites (tertiary alicyclic amines) is 1. The van der Waals surface area contributed by atoms with Crippen LogP contribution in [0.5, 0.6) is 0 Å². The first-order chi connectivity index (χ1) is 15.8. The number of hydrogen-bond donors (Lipinski definition) is 2. The summed E-state index contributed by atoms with van der Waals surface area (Å²) < 4.78 is 4.86. The first-order valence-electron chi connectivity index (χ1n) is 10.6. The Kier molecular flexibility index (Phi) is 4.69. The molecule has 32 heavy (non-hydrogen) atoms. The standard InChI is InChI=1S/C22H21N9O/c1-2-16(11-31(9-1)12-19-24-13-32-30-19)22-25-21(28-29-22)15-3-4-18-17(10-15)20(27-26-18)14-5-7-23-8-6-14/h3-8,10,13,16H,1-2,9,11-12H2,(H,26,27)(H,25,28,29)/t16-/m1/s1. The van der Waals surface area contributed by atoms with Gasteiger partial charge in [0.2, 0.25) is 6.39 Å². The average Bonchev–Trinajstić information content (AvgIpc) is 3.60. The first kappa shape index (κ1) is 18.8. The van der Waals surface area contributed by atoms with Crippen LogP contribution in [0.4, 0.5) is 0 Å². The fourth-order valence-corrected chi connectivity index (χ4v) is 4.35. The summed E-state index contributed by atoms with van der Waals surface area (Å²) in [6, 6.07) is 10.0. The van der Waals surface area contributed by atoms with E-state index in [0.29, 0.717) is 24.1 Å². The molecular weight excluding hydrogens is 406 g/mol. The Morgan fingerprint density at radius 1 is 1.06 bits per heavy atom. The lowest BCUT2D eigenvalue weighted by atomic mass is 9.97. The van der Waals surface area contributed by atoms with E-state index in [1.165, 1.54) is 6.39 Å². The van der Waals surface area contributed by atoms with Gasteiger partial charge in [-0.15, -0.1) is 0 Å². The molecule has 1 aliphatic rings. The minimum atomic E-state index is 0.293. The molecule has 0 radical (unpaired) electrons. The second-order valence-electron chi connectivity index (χ2n) is 8.03. The maximum Gasteiger partial charge on any atom is 0.213 e. The van der Waals surface area contributed by atoms with E-state index in [1.54, 1.807) is 12.4 Å². The van der Waals surface area contributed by atoms with Crippen molar-refractivity contribution in [2.75, 3.05) is 13.1 Å². The predicted octanol–water partition coefficient (Wildman–Crippen LogP) is 3.17. The van der Waals surface area contributed by atoms with Crippen LogP contribution in [0.25, 0.3) is 33.5 Å². The number of fused-ring (bicyclic) bond motifs is 1. The summed E-state index contributed by atoms with van der Waals surface area (Å²) in [7, 11) is 0. The van der Waals surface area contributed by atoms with Crippen LogP contribution in [0.3, 0.4) is 0 Å². The molecular formula is C22H21N9O. The highest BCUT2D eigenvalue weighted by Crippen LogP contribution is 2.30. The number of benzene rings is 1. The van der Waals surface area contributed by atoms with Gasteiger partial charge in [0, 0.05) is 41.4 Å². The van der Waals surface area contributed by atoms with Gasteiger partial charge < -0.3 is 4.52 Å². The summed E-state index contributed by atoms with van der Waals surface area (Å²) in [6.07, 6.45) is 7.08. The number of piperidine rings is 1. The van der Waals surface area contributed by atoms with Crippen LogP contribution < -0.4 is 0 Å². The van der Waals surface area contributed by atoms with Crippen LogP contribution >= 0.6 is 0 Å². The Morgan fingerprint density at radius 3 is 2.88 bits per heavy atom. The van der Waals surface area contributed by atoms with Gasteiger partial charge in [-0.1, -0.05) is 5.16 Å². The SMILES string of the molecule is c1cc(-c2n[nH]c3ccc(-c4n[nH]c([C@@H]5CCCN(Cc6ncon6)C5)n4)cc23)ccn1. The van der Waals surface area contributed by atoms with Gasteiger partial charge in [-0.2, -0.15) is 15.2 Å². The Balaban J connectivity index is 1.25. The zero-order chi connectivity index (χ0) is 21.3. The van der Waals surface area contributed by atoms with Gasteiger partial charge in [-0.3, -0.25) is 20.1 Å². The zero-order valence-electron chi connectivity index (χ0n) is 17.3. The summed E-state index contributed by atoms with van der Waals surface area (Å²) in [6.45, 7) is 2.58. The van der Waals surface area contributed by atoms with Gasteiger partial charge in [0.15, 0.2) is 11.6 Å². The van der Waals surface area contributed by atoms with Crippen molar-refractivity contribution in [1.29, 1.82) is 0 Å². The van der Waals surface area contributed by atoms with E-state index >= 15 is 0 Å². The third-order valence-corrected chi connectivity index (χ3v) is 5.94. The van der Waals surface area contributed by atoms with E-state index in [4.69, 9.17) is 9.51 Å². The third-order valence-electron chi connectivity index (χ3n) is 5.94. The maximum atomic E-state index is 4.86. The molecule has 0 unspecified atom stereocenters. The van der Waals surface area contributed by atoms with Gasteiger partial charge in [-0.25, -0.2) is 4.98 Å². The highest BCUT2D eigenvalue weighted by atomic mass is 16.5. The number of rotatable bonds is 5. The van der Waals surface area contributed by atoms with Gasteiger partial charge in [0.25, 0.3) is 0 Å². The van der Waals surface area contributed by atoms with E-state index in [0.717, 1.165) is 59.5 Å². The van der Waals surface area contributed by atoms with E-state index < -0.39 is 0 Å². The Morgan fingerprint density at radius 2 is 2.00 bits per heavy atom. The third kappa shape index (κ3) is 3.54. The molecule has 1 aromatic carbocycles. The number of pyridine rings is 1. The normalized spacial score (nSPS) is 17.2. The van der Waals surface area contributed by atoms with E-state index in [9.17, 15) is 0 Å². The Labute approximate surface area is 183 Å². The van der Waals surface area contributed by atoms with Crippen molar-refractivity contribution in [2.24, 2.45) is 0 Å². The second kappa shape index (κ2) is 7.97. The summed E-state index contributed by atoms with van der Waals surface area (Å²) in [4.78, 5) is 15.4. The van der Waals surface area contributed by atoms with Crippen molar-refractivity contribution in [1.82, 2.24) is 45.4 Å². The van der Waals surface area contributed by atoms with Crippen LogP contribution in [-0.2, 0) is 6.54 Å². The molecule has 10 nitrogen and oxygen atoms in total. The number of aromatic amines is 2. The minimum absolute atomic E-state index is 0.293. The highest BCUT2D eigenvalue weighted by molar-refractivity contribution is 5.95. The van der Waals surface area contributed by atoms with Crippen molar-refractivity contribution in [3.05, 3.63) is 60.8 Å². The molecule has 5 aromatic rings. The van der Waals surface area contributed by atoms with E-state index in [2.05, 4.69) is 46.5 Å². The topological polar surface area (TPSA) is 125 Å². The minimum Gasteiger partial charge on any atom is -0.343 e. The van der Waals surface area contributed by atoms with Crippen LogP contribution in [0.1, 0.15) is 30.4 Å². The fraction of sp³-hybridized carbons (Fsp3) is 0.273. The molecule has 0 spiro atoms. The van der Waals surface area contributed by atoms with Crippen molar-refractivity contribution in [3.63, 3.8) is 0 Å². The van der Waals surface area contributed by atoms with Crippen molar-refractivity contribution >= 4 is 10.9 Å². The van der Waals surface area contributed by atoms with Gasteiger partial charge in [0.05, 0.1) is 12.1 Å². The predicted molar refractivity (Wildman–Crippen MR) is 116 cm³/mol. The molecule has 5 heterocycles. The number of H-pyrrole nitrogens is 2. The lowest BCUT2D eigenvalue weighted by Gasteiger charge is -2.30. The first-order valence-corrected chi connectivity index (χ1v) is 10.6. The largest absolute Gasteiger partial charge is 0.343 e. The lowest BCUT2D eigenvalue weighted by Crippen LogP contribution is -2.34. The van der Waals surface area contributed by atoms with Crippen molar-refractivity contribution < 1.29 is 4.52 Å². The summed E-state index contributed by atoms with van der Waals surface area (Å²) >= 11 is 0. The van der Waals surface area contributed by atoms with Crippen LogP contribution in [0.15, 0.2) is 53.6 Å². The van der Waals surface area contributed by atoms with Gasteiger partial charge >= 0.3 is 0 Å². The second-order valence-corrected chi connectivity index (χ2v) is 8.03. The molecule has 1 atom stereocenters. The molecule has 0 amide bonds. The van der Waals surface area contributed by atoms with Crippen LogP contribution in [-0.4, -0.2) is 58.5 Å². The van der Waals surface area contributed by atoms with Crippen LogP contribution in [0, 0.1) is 0 Å². The number of hydrogen-bond acceptors (Lipinski definition) is 8. The fourth-order valence-electron chi connectivity index (χ4n) is 4.35. The van der Waals surface area contributed by atoms with Crippen LogP contribution in [0.2, 0.25) is 0 Å². The molecule has 2 N–H and O–H groups in total. The van der Waals surface area contributed by atoms with Gasteiger partial charge in [0.1, 0.15) is 11.5 Å². The number of aromatic nitrogens is 8. The monoisotopic (exact) mass is 427 g/mol. The summed E-state index contributed by atoms with van der Waals surface area (Å²) in [5, 5.41) is 20.2. The molecule has 160 valence electrons. The maximum absolute atomic E-state index is 4.86. The number of nitrogens with zero attached hydrogens (tertiary/aromatic N) is 7. The molecule has 0 aliphatic carbocycles. The van der Waals surface area contributed by atoms with Gasteiger partial charge in [-0.05, 0) is 49.7 Å². The molecule has 0 saturated carbocycles.